The first-order valence-corrected chi connectivity index (χ1v) is 15.9. The van der Waals surface area contributed by atoms with Gasteiger partial charge in [0.1, 0.15) is 19.0 Å². The predicted molar refractivity (Wildman–Crippen MR) is 167 cm³/mol. The number of carbonyl (C=O) groups excluding carboxylic acids is 1. The SMILES string of the molecule is COCCCN1CCOc2ccc(CO[C@H]3CNC[C@@H](OCC(=O)N4CCCCC4C)[C@@H]3c3ccc(COC)cc3)cc21. The smallest absolute Gasteiger partial charge is 0.248 e. The van der Waals surface area contributed by atoms with Crippen LogP contribution in [0, 0.1) is 0 Å². The number of rotatable bonds is 13. The minimum absolute atomic E-state index is 0.0177. The number of ether oxygens (including phenoxy) is 5. The summed E-state index contributed by atoms with van der Waals surface area (Å²) in [6.07, 6.45) is 3.96. The summed E-state index contributed by atoms with van der Waals surface area (Å²) in [6, 6.07) is 15.1. The topological polar surface area (TPSA) is 81.7 Å². The summed E-state index contributed by atoms with van der Waals surface area (Å²) in [5, 5.41) is 3.52. The lowest BCUT2D eigenvalue weighted by molar-refractivity contribution is -0.144. The van der Waals surface area contributed by atoms with E-state index in [-0.39, 0.29) is 36.7 Å². The largest absolute Gasteiger partial charge is 0.490 e. The molecule has 2 aromatic carbocycles. The highest BCUT2D eigenvalue weighted by molar-refractivity contribution is 5.77. The van der Waals surface area contributed by atoms with E-state index in [0.717, 1.165) is 73.6 Å². The van der Waals surface area contributed by atoms with Gasteiger partial charge in [-0.3, -0.25) is 4.79 Å². The van der Waals surface area contributed by atoms with Crippen molar-refractivity contribution in [2.24, 2.45) is 0 Å². The van der Waals surface area contributed by atoms with Crippen LogP contribution in [-0.4, -0.2) is 95.8 Å². The van der Waals surface area contributed by atoms with Crippen molar-refractivity contribution >= 4 is 11.6 Å². The second-order valence-corrected chi connectivity index (χ2v) is 12.0. The number of nitrogens with zero attached hydrogens (tertiary/aromatic N) is 2. The number of hydrogen-bond acceptors (Lipinski definition) is 8. The first-order valence-electron chi connectivity index (χ1n) is 15.9. The Kier molecular flexibility index (Phi) is 11.7. The molecular formula is C34H49N3O6. The van der Waals surface area contributed by atoms with Crippen LogP contribution in [0.25, 0.3) is 0 Å². The molecule has 0 saturated carbocycles. The molecule has 0 aliphatic carbocycles. The van der Waals surface area contributed by atoms with Crippen molar-refractivity contribution in [3.05, 3.63) is 59.2 Å². The molecular weight excluding hydrogens is 546 g/mol. The van der Waals surface area contributed by atoms with Gasteiger partial charge in [0.15, 0.2) is 0 Å². The first kappa shape index (κ1) is 31.7. The molecule has 9 heteroatoms. The fourth-order valence-corrected chi connectivity index (χ4v) is 6.59. The van der Waals surface area contributed by atoms with Crippen molar-refractivity contribution < 1.29 is 28.5 Å². The van der Waals surface area contributed by atoms with Crippen LogP contribution in [-0.2, 0) is 37.0 Å². The molecule has 43 heavy (non-hydrogen) atoms. The highest BCUT2D eigenvalue weighted by Crippen LogP contribution is 2.35. The van der Waals surface area contributed by atoms with Crippen molar-refractivity contribution in [2.75, 3.05) is 71.7 Å². The van der Waals surface area contributed by atoms with Gasteiger partial charge in [0.25, 0.3) is 0 Å². The summed E-state index contributed by atoms with van der Waals surface area (Å²) < 4.78 is 29.6. The fourth-order valence-electron chi connectivity index (χ4n) is 6.59. The molecule has 3 heterocycles. The minimum Gasteiger partial charge on any atom is -0.490 e. The fraction of sp³-hybridized carbons (Fsp3) is 0.618. The second-order valence-electron chi connectivity index (χ2n) is 12.0. The molecule has 4 atom stereocenters. The third-order valence-electron chi connectivity index (χ3n) is 8.94. The summed E-state index contributed by atoms with van der Waals surface area (Å²) in [5.74, 6) is 0.980. The quantitative estimate of drug-likeness (QED) is 0.347. The molecule has 3 aliphatic heterocycles. The van der Waals surface area contributed by atoms with E-state index in [0.29, 0.717) is 32.9 Å². The number of piperidine rings is 2. The molecule has 2 saturated heterocycles. The number of methoxy groups -OCH3 is 2. The summed E-state index contributed by atoms with van der Waals surface area (Å²) in [4.78, 5) is 17.5. The van der Waals surface area contributed by atoms with E-state index in [9.17, 15) is 4.79 Å². The van der Waals surface area contributed by atoms with Crippen molar-refractivity contribution in [1.82, 2.24) is 10.2 Å². The molecule has 2 aromatic rings. The van der Waals surface area contributed by atoms with Gasteiger partial charge in [-0.05, 0) is 61.4 Å². The highest BCUT2D eigenvalue weighted by Gasteiger charge is 2.37. The number of nitrogens with one attached hydrogen (secondary N) is 1. The summed E-state index contributed by atoms with van der Waals surface area (Å²) in [6.45, 7) is 8.68. The van der Waals surface area contributed by atoms with Crippen LogP contribution in [0.3, 0.4) is 0 Å². The molecule has 0 radical (unpaired) electrons. The van der Waals surface area contributed by atoms with Crippen LogP contribution in [0.1, 0.15) is 55.2 Å². The van der Waals surface area contributed by atoms with Gasteiger partial charge in [0, 0.05) is 59.0 Å². The monoisotopic (exact) mass is 595 g/mol. The predicted octanol–water partition coefficient (Wildman–Crippen LogP) is 4.13. The number of likely N-dealkylation sites (tertiary alicyclic amines) is 1. The maximum atomic E-state index is 13.1. The van der Waals surface area contributed by atoms with Gasteiger partial charge in [-0.15, -0.1) is 0 Å². The Morgan fingerprint density at radius 3 is 2.51 bits per heavy atom. The van der Waals surface area contributed by atoms with Crippen LogP contribution >= 0.6 is 0 Å². The minimum atomic E-state index is -0.190. The lowest BCUT2D eigenvalue weighted by atomic mass is 9.85. The summed E-state index contributed by atoms with van der Waals surface area (Å²) in [7, 11) is 3.45. The Labute approximate surface area is 256 Å². The van der Waals surface area contributed by atoms with Crippen molar-refractivity contribution in [2.45, 2.75) is 70.0 Å². The zero-order chi connectivity index (χ0) is 30.0. The molecule has 0 bridgehead atoms. The Bertz CT molecular complexity index is 1160. The number of hydrogen-bond donors (Lipinski definition) is 1. The molecule has 5 rings (SSSR count). The Hall–Kier alpha value is -2.69. The Morgan fingerprint density at radius 2 is 1.74 bits per heavy atom. The molecule has 3 aliphatic rings. The van der Waals surface area contributed by atoms with Gasteiger partial charge in [-0.2, -0.15) is 0 Å². The maximum Gasteiger partial charge on any atom is 0.248 e. The van der Waals surface area contributed by atoms with Crippen LogP contribution in [0.15, 0.2) is 42.5 Å². The van der Waals surface area contributed by atoms with Gasteiger partial charge in [0.2, 0.25) is 5.91 Å². The van der Waals surface area contributed by atoms with E-state index in [1.165, 1.54) is 6.42 Å². The van der Waals surface area contributed by atoms with E-state index in [4.69, 9.17) is 23.7 Å². The van der Waals surface area contributed by atoms with Gasteiger partial charge in [-0.1, -0.05) is 30.3 Å². The van der Waals surface area contributed by atoms with Crippen molar-refractivity contribution in [3.63, 3.8) is 0 Å². The van der Waals surface area contributed by atoms with Crippen LogP contribution in [0.5, 0.6) is 5.75 Å². The number of amides is 1. The van der Waals surface area contributed by atoms with E-state index in [1.54, 1.807) is 14.2 Å². The zero-order valence-electron chi connectivity index (χ0n) is 26.1. The first-order chi connectivity index (χ1) is 21.1. The van der Waals surface area contributed by atoms with E-state index >= 15 is 0 Å². The van der Waals surface area contributed by atoms with Gasteiger partial charge >= 0.3 is 0 Å². The van der Waals surface area contributed by atoms with Crippen LogP contribution in [0.4, 0.5) is 5.69 Å². The van der Waals surface area contributed by atoms with Crippen LogP contribution in [0.2, 0.25) is 0 Å². The number of anilines is 1. The van der Waals surface area contributed by atoms with Gasteiger partial charge < -0.3 is 38.8 Å². The third kappa shape index (κ3) is 8.28. The standard InChI is InChI=1S/C34H49N3O6/c1-25-7-4-5-15-37(25)33(38)24-43-32-21-35-20-31(34(32)28-11-8-26(9-12-28)22-40-3)42-23-27-10-13-30-29(19-27)36(16-18-41-30)14-6-17-39-2/h8-13,19,25,31-32,34-35H,4-7,14-18,20-24H2,1-3H3/t25?,31-,32+,34+/m0/s1. The molecule has 2 fully saturated rings. The summed E-state index contributed by atoms with van der Waals surface area (Å²) >= 11 is 0. The number of carbonyl (C=O) groups is 1. The Balaban J connectivity index is 1.29. The summed E-state index contributed by atoms with van der Waals surface area (Å²) in [5.41, 5.74) is 4.49. The average Bonchev–Trinajstić information content (AvgIpc) is 3.03. The number of benzene rings is 2. The molecule has 0 spiro atoms. The van der Waals surface area contributed by atoms with Crippen LogP contribution < -0.4 is 15.0 Å². The molecule has 1 unspecified atom stereocenters. The van der Waals surface area contributed by atoms with Gasteiger partial charge in [0.05, 0.1) is 37.7 Å². The van der Waals surface area contributed by atoms with E-state index in [2.05, 4.69) is 59.6 Å². The lowest BCUT2D eigenvalue weighted by Gasteiger charge is -2.39. The second kappa shape index (κ2) is 15.9. The molecule has 0 aromatic heterocycles. The van der Waals surface area contributed by atoms with Crippen molar-refractivity contribution in [3.8, 4) is 5.75 Å². The van der Waals surface area contributed by atoms with Gasteiger partial charge in [-0.25, -0.2) is 0 Å². The number of fused-ring (bicyclic) bond motifs is 1. The lowest BCUT2D eigenvalue weighted by Crippen LogP contribution is -2.52. The average molecular weight is 596 g/mol. The molecule has 236 valence electrons. The Morgan fingerprint density at radius 1 is 0.953 bits per heavy atom. The molecule has 9 nitrogen and oxygen atoms in total. The maximum absolute atomic E-state index is 13.1. The van der Waals surface area contributed by atoms with E-state index < -0.39 is 0 Å². The zero-order valence-corrected chi connectivity index (χ0v) is 26.1. The normalized spacial score (nSPS) is 24.0. The highest BCUT2D eigenvalue weighted by atomic mass is 16.5. The van der Waals surface area contributed by atoms with E-state index in [1.807, 2.05) is 4.90 Å². The molecule has 1 N–H and O–H groups in total. The third-order valence-corrected chi connectivity index (χ3v) is 8.94. The van der Waals surface area contributed by atoms with Crippen molar-refractivity contribution in [1.29, 1.82) is 0 Å². The molecule has 1 amide bonds.